The van der Waals surface area contributed by atoms with E-state index in [2.05, 4.69) is 15.3 Å². The van der Waals surface area contributed by atoms with E-state index in [0.717, 1.165) is 39.3 Å². The molecular formula is C11H18N6O2. The lowest BCUT2D eigenvalue weighted by molar-refractivity contribution is -0.384. The van der Waals surface area contributed by atoms with E-state index >= 15 is 0 Å². The smallest absolute Gasteiger partial charge is 0.330 e. The lowest BCUT2D eigenvalue weighted by Crippen LogP contribution is -2.63. The third-order valence-corrected chi connectivity index (χ3v) is 3.82. The summed E-state index contributed by atoms with van der Waals surface area (Å²) in [5, 5.41) is 18.5. The number of hydrogen-bond donors (Lipinski definition) is 1. The molecule has 3 rings (SSSR count). The largest absolute Gasteiger partial charge is 0.346 e. The van der Waals surface area contributed by atoms with Crippen molar-refractivity contribution in [1.82, 2.24) is 20.0 Å². The standard InChI is InChI=1S/C11H18N6O2/c1-14-8-10(17(18)19)11(13-14)16-6-9(7-16)15-4-2-12-3-5-15/h8-9,12H,2-7H2,1H3. The Morgan fingerprint density at radius 2 is 2.11 bits per heavy atom. The molecule has 8 nitrogen and oxygen atoms in total. The van der Waals surface area contributed by atoms with Crippen LogP contribution in [0, 0.1) is 10.1 Å². The molecule has 0 spiro atoms. The number of anilines is 1. The fourth-order valence-corrected chi connectivity index (χ4v) is 2.72. The summed E-state index contributed by atoms with van der Waals surface area (Å²) >= 11 is 0. The number of nitrogens with zero attached hydrogens (tertiary/aromatic N) is 5. The van der Waals surface area contributed by atoms with Crippen LogP contribution in [0.4, 0.5) is 11.5 Å². The van der Waals surface area contributed by atoms with Crippen molar-refractivity contribution >= 4 is 11.5 Å². The zero-order chi connectivity index (χ0) is 13.4. The second-order valence-corrected chi connectivity index (χ2v) is 5.11. The summed E-state index contributed by atoms with van der Waals surface area (Å²) in [6.45, 7) is 5.84. The molecule has 0 radical (unpaired) electrons. The highest BCUT2D eigenvalue weighted by molar-refractivity contribution is 5.58. The number of nitro groups is 1. The minimum atomic E-state index is -0.361. The summed E-state index contributed by atoms with van der Waals surface area (Å²) in [6.07, 6.45) is 1.47. The van der Waals surface area contributed by atoms with Crippen LogP contribution in [0.15, 0.2) is 6.20 Å². The van der Waals surface area contributed by atoms with Gasteiger partial charge in [-0.3, -0.25) is 19.7 Å². The van der Waals surface area contributed by atoms with Crippen LogP contribution < -0.4 is 10.2 Å². The SMILES string of the molecule is Cn1cc([N+](=O)[O-])c(N2CC(N3CCNCC3)C2)n1. The molecule has 0 saturated carbocycles. The predicted octanol–water partition coefficient (Wildman–Crippen LogP) is -0.578. The Morgan fingerprint density at radius 3 is 2.74 bits per heavy atom. The van der Waals surface area contributed by atoms with Crippen LogP contribution in [0.2, 0.25) is 0 Å². The van der Waals surface area contributed by atoms with E-state index in [0.29, 0.717) is 11.9 Å². The first-order valence-corrected chi connectivity index (χ1v) is 6.53. The monoisotopic (exact) mass is 266 g/mol. The molecule has 2 aliphatic heterocycles. The number of aryl methyl sites for hydroxylation is 1. The van der Waals surface area contributed by atoms with Crippen LogP contribution in [0.1, 0.15) is 0 Å². The third kappa shape index (κ3) is 2.28. The molecule has 104 valence electrons. The molecule has 0 atom stereocenters. The topological polar surface area (TPSA) is 79.5 Å². The number of aromatic nitrogens is 2. The number of piperazine rings is 1. The molecule has 0 amide bonds. The van der Waals surface area contributed by atoms with Gasteiger partial charge in [-0.15, -0.1) is 5.10 Å². The Bertz CT molecular complexity index is 476. The third-order valence-electron chi connectivity index (χ3n) is 3.82. The molecule has 19 heavy (non-hydrogen) atoms. The summed E-state index contributed by atoms with van der Waals surface area (Å²) in [6, 6.07) is 0.503. The summed E-state index contributed by atoms with van der Waals surface area (Å²) in [7, 11) is 1.71. The maximum Gasteiger partial charge on any atom is 0.330 e. The van der Waals surface area contributed by atoms with Crippen molar-refractivity contribution in [2.45, 2.75) is 6.04 Å². The van der Waals surface area contributed by atoms with Crippen molar-refractivity contribution in [3.63, 3.8) is 0 Å². The Hall–Kier alpha value is -1.67. The first kappa shape index (κ1) is 12.4. The van der Waals surface area contributed by atoms with Crippen LogP contribution >= 0.6 is 0 Å². The van der Waals surface area contributed by atoms with Gasteiger partial charge in [-0.2, -0.15) is 0 Å². The summed E-state index contributed by atoms with van der Waals surface area (Å²) in [4.78, 5) is 15.0. The van der Waals surface area contributed by atoms with E-state index < -0.39 is 0 Å². The van der Waals surface area contributed by atoms with Gasteiger partial charge in [-0.1, -0.05) is 0 Å². The summed E-state index contributed by atoms with van der Waals surface area (Å²) in [5.74, 6) is 0.499. The first-order valence-electron chi connectivity index (χ1n) is 6.53. The molecule has 0 unspecified atom stereocenters. The normalized spacial score (nSPS) is 21.4. The Balaban J connectivity index is 1.65. The zero-order valence-electron chi connectivity index (χ0n) is 10.9. The van der Waals surface area contributed by atoms with Gasteiger partial charge in [0, 0.05) is 52.4 Å². The van der Waals surface area contributed by atoms with Crippen molar-refractivity contribution in [2.24, 2.45) is 7.05 Å². The fourth-order valence-electron chi connectivity index (χ4n) is 2.72. The van der Waals surface area contributed by atoms with Gasteiger partial charge >= 0.3 is 5.69 Å². The molecule has 1 N–H and O–H groups in total. The highest BCUT2D eigenvalue weighted by Gasteiger charge is 2.37. The molecule has 1 aromatic heterocycles. The average Bonchev–Trinajstić information content (AvgIpc) is 2.71. The maximum atomic E-state index is 11.0. The Kier molecular flexibility index (Phi) is 3.11. The highest BCUT2D eigenvalue weighted by atomic mass is 16.6. The minimum absolute atomic E-state index is 0.0984. The van der Waals surface area contributed by atoms with Crippen molar-refractivity contribution in [3.8, 4) is 0 Å². The lowest BCUT2D eigenvalue weighted by Gasteiger charge is -2.46. The van der Waals surface area contributed by atoms with E-state index in [1.54, 1.807) is 7.05 Å². The van der Waals surface area contributed by atoms with Crippen molar-refractivity contribution in [2.75, 3.05) is 44.2 Å². The zero-order valence-corrected chi connectivity index (χ0v) is 10.9. The first-order chi connectivity index (χ1) is 9.15. The van der Waals surface area contributed by atoms with Gasteiger partial charge in [0.25, 0.3) is 0 Å². The van der Waals surface area contributed by atoms with Gasteiger partial charge in [0.2, 0.25) is 5.82 Å². The van der Waals surface area contributed by atoms with Gasteiger partial charge in [0.15, 0.2) is 0 Å². The summed E-state index contributed by atoms with van der Waals surface area (Å²) in [5.41, 5.74) is 0.0984. The maximum absolute atomic E-state index is 11.0. The quantitative estimate of drug-likeness (QED) is 0.582. The summed E-state index contributed by atoms with van der Waals surface area (Å²) < 4.78 is 1.51. The molecule has 0 aromatic carbocycles. The van der Waals surface area contributed by atoms with E-state index in [-0.39, 0.29) is 10.6 Å². The average molecular weight is 266 g/mol. The van der Waals surface area contributed by atoms with E-state index in [9.17, 15) is 10.1 Å². The van der Waals surface area contributed by atoms with Gasteiger partial charge < -0.3 is 10.2 Å². The van der Waals surface area contributed by atoms with E-state index in [4.69, 9.17) is 0 Å². The highest BCUT2D eigenvalue weighted by Crippen LogP contribution is 2.30. The predicted molar refractivity (Wildman–Crippen MR) is 70.3 cm³/mol. The molecule has 3 heterocycles. The molecule has 0 bridgehead atoms. The van der Waals surface area contributed by atoms with Crippen LogP contribution in [0.5, 0.6) is 0 Å². The van der Waals surface area contributed by atoms with Gasteiger partial charge in [0.05, 0.1) is 4.92 Å². The van der Waals surface area contributed by atoms with E-state index in [1.807, 2.05) is 4.90 Å². The lowest BCUT2D eigenvalue weighted by atomic mass is 10.1. The van der Waals surface area contributed by atoms with Gasteiger partial charge in [0.1, 0.15) is 6.20 Å². The van der Waals surface area contributed by atoms with Crippen molar-refractivity contribution < 1.29 is 4.92 Å². The van der Waals surface area contributed by atoms with Crippen molar-refractivity contribution in [3.05, 3.63) is 16.3 Å². The van der Waals surface area contributed by atoms with Gasteiger partial charge in [-0.25, -0.2) is 0 Å². The molecule has 2 fully saturated rings. The molecule has 1 aromatic rings. The van der Waals surface area contributed by atoms with Gasteiger partial charge in [-0.05, 0) is 0 Å². The molecule has 2 aliphatic rings. The van der Waals surface area contributed by atoms with Crippen LogP contribution in [-0.4, -0.2) is 64.9 Å². The van der Waals surface area contributed by atoms with Crippen LogP contribution in [0.3, 0.4) is 0 Å². The van der Waals surface area contributed by atoms with Crippen LogP contribution in [-0.2, 0) is 7.05 Å². The minimum Gasteiger partial charge on any atom is -0.346 e. The number of nitrogens with one attached hydrogen (secondary N) is 1. The second-order valence-electron chi connectivity index (χ2n) is 5.11. The number of hydrogen-bond acceptors (Lipinski definition) is 6. The molecule has 0 aliphatic carbocycles. The second kappa shape index (κ2) is 4.78. The molecular weight excluding hydrogens is 248 g/mol. The van der Waals surface area contributed by atoms with Crippen molar-refractivity contribution in [1.29, 1.82) is 0 Å². The Labute approximate surface area is 111 Å². The van der Waals surface area contributed by atoms with Crippen LogP contribution in [0.25, 0.3) is 0 Å². The van der Waals surface area contributed by atoms with E-state index in [1.165, 1.54) is 10.9 Å². The molecule has 8 heteroatoms. The Morgan fingerprint density at radius 1 is 1.42 bits per heavy atom. The number of rotatable bonds is 3. The molecule has 2 saturated heterocycles. The fraction of sp³-hybridized carbons (Fsp3) is 0.727.